The minimum Gasteiger partial charge on any atom is -0.496 e. The smallest absolute Gasteiger partial charge is 0.123 e. The molecule has 3 heteroatoms. The molecule has 1 unspecified atom stereocenters. The fourth-order valence-corrected chi connectivity index (χ4v) is 2.18. The van der Waals surface area contributed by atoms with Crippen LogP contribution in [0.3, 0.4) is 0 Å². The van der Waals surface area contributed by atoms with E-state index in [0.29, 0.717) is 0 Å². The number of para-hydroxylation sites is 1. The molecule has 1 atom stereocenters. The average Bonchev–Trinajstić information content (AvgIpc) is 2.92. The molecule has 1 aromatic carbocycles. The fraction of sp³-hybridized carbons (Fsp3) is 0.357. The largest absolute Gasteiger partial charge is 0.496 e. The first-order chi connectivity index (χ1) is 8.22. The molecule has 1 N–H and O–H groups in total. The molecule has 2 rings (SSSR count). The predicted molar refractivity (Wildman–Crippen MR) is 68.3 cm³/mol. The summed E-state index contributed by atoms with van der Waals surface area (Å²) in [6.45, 7) is 4.38. The highest BCUT2D eigenvalue weighted by atomic mass is 16.5. The van der Waals surface area contributed by atoms with E-state index in [-0.39, 0.29) is 5.41 Å². The van der Waals surface area contributed by atoms with Gasteiger partial charge in [-0.3, -0.25) is 0 Å². The summed E-state index contributed by atoms with van der Waals surface area (Å²) in [6.07, 6.45) is 4.59. The predicted octanol–water partition coefficient (Wildman–Crippen LogP) is 3.13. The number of aromatic nitrogens is 2. The van der Waals surface area contributed by atoms with Gasteiger partial charge in [0.1, 0.15) is 5.75 Å². The van der Waals surface area contributed by atoms with E-state index < -0.39 is 0 Å². The van der Waals surface area contributed by atoms with Crippen molar-refractivity contribution in [3.05, 3.63) is 48.0 Å². The van der Waals surface area contributed by atoms with Crippen LogP contribution >= 0.6 is 0 Å². The van der Waals surface area contributed by atoms with Crippen LogP contribution in [0, 0.1) is 0 Å². The molecule has 0 amide bonds. The number of imidazole rings is 1. The molecule has 90 valence electrons. The number of H-pyrrole nitrogens is 1. The first-order valence-electron chi connectivity index (χ1n) is 5.84. The molecule has 1 aromatic heterocycles. The number of nitrogens with one attached hydrogen (secondary N) is 1. The Kier molecular flexibility index (Phi) is 3.18. The zero-order valence-electron chi connectivity index (χ0n) is 10.5. The Morgan fingerprint density at radius 3 is 2.71 bits per heavy atom. The Balaban J connectivity index is 2.55. The zero-order chi connectivity index (χ0) is 12.3. The molecule has 0 aliphatic heterocycles. The van der Waals surface area contributed by atoms with Crippen molar-refractivity contribution < 1.29 is 4.74 Å². The summed E-state index contributed by atoms with van der Waals surface area (Å²) in [5.41, 5.74) is 2.21. The maximum Gasteiger partial charge on any atom is 0.123 e. The van der Waals surface area contributed by atoms with Crippen LogP contribution in [0.5, 0.6) is 5.75 Å². The lowest BCUT2D eigenvalue weighted by Crippen LogP contribution is -2.23. The van der Waals surface area contributed by atoms with Gasteiger partial charge in [0, 0.05) is 22.9 Å². The minimum absolute atomic E-state index is 0.0941. The maximum atomic E-state index is 5.46. The Morgan fingerprint density at radius 1 is 1.35 bits per heavy atom. The number of methoxy groups -OCH3 is 1. The Morgan fingerprint density at radius 2 is 2.12 bits per heavy atom. The fourth-order valence-electron chi connectivity index (χ4n) is 2.18. The van der Waals surface area contributed by atoms with Gasteiger partial charge in [-0.15, -0.1) is 0 Å². The highest BCUT2D eigenvalue weighted by Gasteiger charge is 2.30. The Labute approximate surface area is 102 Å². The van der Waals surface area contributed by atoms with Crippen molar-refractivity contribution in [2.75, 3.05) is 7.11 Å². The van der Waals surface area contributed by atoms with E-state index in [1.54, 1.807) is 13.4 Å². The number of benzene rings is 1. The quantitative estimate of drug-likeness (QED) is 0.876. The molecule has 0 saturated carbocycles. The first kappa shape index (κ1) is 11.7. The van der Waals surface area contributed by atoms with E-state index in [1.165, 1.54) is 5.56 Å². The lowest BCUT2D eigenvalue weighted by molar-refractivity contribution is 0.394. The van der Waals surface area contributed by atoms with E-state index in [1.807, 2.05) is 24.4 Å². The van der Waals surface area contributed by atoms with Crippen LogP contribution in [0.2, 0.25) is 0 Å². The van der Waals surface area contributed by atoms with Crippen LogP contribution in [0.15, 0.2) is 36.8 Å². The van der Waals surface area contributed by atoms with Gasteiger partial charge in [-0.05, 0) is 19.4 Å². The van der Waals surface area contributed by atoms with Crippen molar-refractivity contribution in [1.29, 1.82) is 0 Å². The molecular weight excluding hydrogens is 212 g/mol. The summed E-state index contributed by atoms with van der Waals surface area (Å²) in [7, 11) is 1.71. The molecular formula is C14H18N2O. The SMILES string of the molecule is CCC(C)(c1cnc[nH]1)c1ccccc1OC. The second kappa shape index (κ2) is 4.62. The maximum absolute atomic E-state index is 5.46. The highest BCUT2D eigenvalue weighted by Crippen LogP contribution is 2.38. The molecule has 3 nitrogen and oxygen atoms in total. The van der Waals surface area contributed by atoms with Gasteiger partial charge in [-0.1, -0.05) is 25.1 Å². The number of rotatable bonds is 4. The van der Waals surface area contributed by atoms with Crippen LogP contribution in [0.25, 0.3) is 0 Å². The van der Waals surface area contributed by atoms with E-state index >= 15 is 0 Å². The van der Waals surface area contributed by atoms with Crippen LogP contribution in [-0.4, -0.2) is 17.1 Å². The summed E-state index contributed by atoms with van der Waals surface area (Å²) in [4.78, 5) is 7.33. The molecule has 1 heterocycles. The van der Waals surface area contributed by atoms with Gasteiger partial charge in [-0.25, -0.2) is 4.98 Å². The number of aromatic amines is 1. The molecule has 2 aromatic rings. The second-order valence-corrected chi connectivity index (χ2v) is 4.35. The van der Waals surface area contributed by atoms with Gasteiger partial charge < -0.3 is 9.72 Å². The summed E-state index contributed by atoms with van der Waals surface area (Å²) >= 11 is 0. The average molecular weight is 230 g/mol. The topological polar surface area (TPSA) is 37.9 Å². The van der Waals surface area contributed by atoms with Crippen molar-refractivity contribution in [3.63, 3.8) is 0 Å². The third-order valence-corrected chi connectivity index (χ3v) is 3.50. The van der Waals surface area contributed by atoms with E-state index in [0.717, 1.165) is 17.9 Å². The van der Waals surface area contributed by atoms with Crippen molar-refractivity contribution in [3.8, 4) is 5.75 Å². The van der Waals surface area contributed by atoms with Gasteiger partial charge in [0.15, 0.2) is 0 Å². The molecule has 0 bridgehead atoms. The van der Waals surface area contributed by atoms with Crippen molar-refractivity contribution in [2.45, 2.75) is 25.7 Å². The molecule has 0 fully saturated rings. The number of nitrogens with zero attached hydrogens (tertiary/aromatic N) is 1. The molecule has 0 saturated heterocycles. The standard InChI is InChI=1S/C14H18N2O/c1-4-14(2,13-9-15-10-16-13)11-7-5-6-8-12(11)17-3/h5-10H,4H2,1-3H3,(H,15,16). The van der Waals surface area contributed by atoms with Crippen molar-refractivity contribution >= 4 is 0 Å². The van der Waals surface area contributed by atoms with Gasteiger partial charge in [-0.2, -0.15) is 0 Å². The lowest BCUT2D eigenvalue weighted by atomic mass is 9.77. The monoisotopic (exact) mass is 230 g/mol. The van der Waals surface area contributed by atoms with Crippen molar-refractivity contribution in [1.82, 2.24) is 9.97 Å². The van der Waals surface area contributed by atoms with Gasteiger partial charge in [0.05, 0.1) is 13.4 Å². The van der Waals surface area contributed by atoms with Gasteiger partial charge >= 0.3 is 0 Å². The third kappa shape index (κ3) is 1.93. The summed E-state index contributed by atoms with van der Waals surface area (Å²) in [5.74, 6) is 0.923. The highest BCUT2D eigenvalue weighted by molar-refractivity contribution is 5.44. The molecule has 0 aliphatic carbocycles. The molecule has 0 aliphatic rings. The van der Waals surface area contributed by atoms with Crippen LogP contribution < -0.4 is 4.74 Å². The Hall–Kier alpha value is -1.77. The normalized spacial score (nSPS) is 14.3. The van der Waals surface area contributed by atoms with E-state index in [9.17, 15) is 0 Å². The summed E-state index contributed by atoms with van der Waals surface area (Å²) in [6, 6.07) is 8.15. The molecule has 17 heavy (non-hydrogen) atoms. The van der Waals surface area contributed by atoms with Crippen LogP contribution in [-0.2, 0) is 5.41 Å². The Bertz CT molecular complexity index is 479. The molecule has 0 spiro atoms. The van der Waals surface area contributed by atoms with Crippen LogP contribution in [0.1, 0.15) is 31.5 Å². The minimum atomic E-state index is -0.0941. The number of hydrogen-bond donors (Lipinski definition) is 1. The number of ether oxygens (including phenoxy) is 1. The van der Waals surface area contributed by atoms with Crippen LogP contribution in [0.4, 0.5) is 0 Å². The first-order valence-corrected chi connectivity index (χ1v) is 5.84. The van der Waals surface area contributed by atoms with Gasteiger partial charge in [0.25, 0.3) is 0 Å². The molecule has 0 radical (unpaired) electrons. The summed E-state index contributed by atoms with van der Waals surface area (Å²) < 4.78 is 5.46. The zero-order valence-corrected chi connectivity index (χ0v) is 10.5. The van der Waals surface area contributed by atoms with E-state index in [4.69, 9.17) is 4.74 Å². The summed E-state index contributed by atoms with van der Waals surface area (Å²) in [5, 5.41) is 0. The van der Waals surface area contributed by atoms with E-state index in [2.05, 4.69) is 29.9 Å². The van der Waals surface area contributed by atoms with Gasteiger partial charge in [0.2, 0.25) is 0 Å². The second-order valence-electron chi connectivity index (χ2n) is 4.35. The van der Waals surface area contributed by atoms with Crippen molar-refractivity contribution in [2.24, 2.45) is 0 Å². The third-order valence-electron chi connectivity index (χ3n) is 3.50. The lowest BCUT2D eigenvalue weighted by Gasteiger charge is -2.29. The number of hydrogen-bond acceptors (Lipinski definition) is 2.